The van der Waals surface area contributed by atoms with Crippen LogP contribution in [0.5, 0.6) is 0 Å². The summed E-state index contributed by atoms with van der Waals surface area (Å²) in [7, 11) is 0. The molecule has 2 aliphatic rings. The highest BCUT2D eigenvalue weighted by Crippen LogP contribution is 2.47. The Kier molecular flexibility index (Phi) is 3.28. The molecule has 1 heterocycles. The number of allylic oxidation sites excluding steroid dienone is 2. The summed E-state index contributed by atoms with van der Waals surface area (Å²) >= 11 is 3.56. The lowest BCUT2D eigenvalue weighted by Gasteiger charge is -2.47. The molecule has 0 saturated carbocycles. The zero-order valence-corrected chi connectivity index (χ0v) is 13.8. The molecule has 1 aromatic rings. The Bertz CT molecular complexity index is 605. The summed E-state index contributed by atoms with van der Waals surface area (Å²) in [5.74, 6) is 0.268. The first-order valence-electron chi connectivity index (χ1n) is 7.25. The molecule has 1 saturated heterocycles. The van der Waals surface area contributed by atoms with Crippen LogP contribution in [0.2, 0.25) is 0 Å². The van der Waals surface area contributed by atoms with Crippen LogP contribution in [-0.2, 0) is 16.6 Å². The molecule has 2 nitrogen and oxygen atoms in total. The maximum Gasteiger partial charge on any atom is 0.227 e. The highest BCUT2D eigenvalue weighted by Gasteiger charge is 2.44. The fourth-order valence-electron chi connectivity index (χ4n) is 3.64. The van der Waals surface area contributed by atoms with Gasteiger partial charge >= 0.3 is 0 Å². The second-order valence-electron chi connectivity index (χ2n) is 6.28. The van der Waals surface area contributed by atoms with E-state index in [0.717, 1.165) is 17.3 Å². The number of rotatable bonds is 1. The summed E-state index contributed by atoms with van der Waals surface area (Å²) in [5, 5.41) is 0. The van der Waals surface area contributed by atoms with Crippen molar-refractivity contribution in [2.75, 3.05) is 0 Å². The second-order valence-corrected chi connectivity index (χ2v) is 7.20. The van der Waals surface area contributed by atoms with Crippen molar-refractivity contribution in [1.82, 2.24) is 4.90 Å². The molecule has 106 valence electrons. The van der Waals surface area contributed by atoms with Crippen molar-refractivity contribution in [2.45, 2.75) is 51.5 Å². The zero-order valence-electron chi connectivity index (χ0n) is 12.2. The van der Waals surface area contributed by atoms with E-state index in [0.29, 0.717) is 6.42 Å². The Labute approximate surface area is 129 Å². The lowest BCUT2D eigenvalue weighted by atomic mass is 9.68. The molecule has 0 bridgehead atoms. The maximum atomic E-state index is 12.3. The quantitative estimate of drug-likeness (QED) is 0.755. The molecule has 1 atom stereocenters. The highest BCUT2D eigenvalue weighted by atomic mass is 79.9. The van der Waals surface area contributed by atoms with E-state index in [-0.39, 0.29) is 17.4 Å². The standard InChI is InChI=1S/C17H20BrNO/c1-11(2)19-15-7-4-12-10-13(18)5-6-14(12)17(15,3)9-8-16(19)20/h5-7,10-11H,4,8-9H2,1-3H3. The van der Waals surface area contributed by atoms with Crippen LogP contribution in [0.3, 0.4) is 0 Å². The van der Waals surface area contributed by atoms with Crippen molar-refractivity contribution in [1.29, 1.82) is 0 Å². The van der Waals surface area contributed by atoms with Crippen molar-refractivity contribution < 1.29 is 4.79 Å². The third-order valence-corrected chi connectivity index (χ3v) is 5.12. The smallest absolute Gasteiger partial charge is 0.227 e. The van der Waals surface area contributed by atoms with Gasteiger partial charge in [-0.05, 0) is 56.9 Å². The van der Waals surface area contributed by atoms with Crippen LogP contribution in [0, 0.1) is 0 Å². The Morgan fingerprint density at radius 1 is 1.35 bits per heavy atom. The van der Waals surface area contributed by atoms with Crippen LogP contribution in [0.1, 0.15) is 44.7 Å². The molecule has 1 aromatic carbocycles. The van der Waals surface area contributed by atoms with E-state index in [9.17, 15) is 4.79 Å². The van der Waals surface area contributed by atoms with E-state index in [4.69, 9.17) is 0 Å². The van der Waals surface area contributed by atoms with Crippen molar-refractivity contribution in [3.8, 4) is 0 Å². The molecule has 20 heavy (non-hydrogen) atoms. The van der Waals surface area contributed by atoms with Gasteiger partial charge in [-0.15, -0.1) is 0 Å². The monoisotopic (exact) mass is 333 g/mol. The number of piperidine rings is 1. The van der Waals surface area contributed by atoms with Gasteiger partial charge in [-0.3, -0.25) is 4.79 Å². The molecule has 0 radical (unpaired) electrons. The van der Waals surface area contributed by atoms with Crippen LogP contribution in [0.4, 0.5) is 0 Å². The van der Waals surface area contributed by atoms with E-state index in [1.165, 1.54) is 16.8 Å². The fraction of sp³-hybridized carbons (Fsp3) is 0.471. The first-order valence-corrected chi connectivity index (χ1v) is 8.04. The number of carbonyl (C=O) groups excluding carboxylic acids is 1. The summed E-state index contributed by atoms with van der Waals surface area (Å²) in [4.78, 5) is 14.3. The van der Waals surface area contributed by atoms with Crippen molar-refractivity contribution >= 4 is 21.8 Å². The van der Waals surface area contributed by atoms with Crippen LogP contribution in [0.25, 0.3) is 0 Å². The number of nitrogens with zero attached hydrogens (tertiary/aromatic N) is 1. The van der Waals surface area contributed by atoms with Gasteiger partial charge in [0.1, 0.15) is 0 Å². The largest absolute Gasteiger partial charge is 0.313 e. The van der Waals surface area contributed by atoms with Crippen molar-refractivity contribution in [3.63, 3.8) is 0 Å². The SMILES string of the molecule is CC(C)N1C(=O)CCC2(C)C1=CCc1cc(Br)ccc12. The number of hydrogen-bond donors (Lipinski definition) is 0. The third-order valence-electron chi connectivity index (χ3n) is 4.63. The molecule has 1 fully saturated rings. The van der Waals surface area contributed by atoms with E-state index in [1.807, 2.05) is 4.90 Å². The summed E-state index contributed by atoms with van der Waals surface area (Å²) in [6.45, 7) is 6.48. The maximum absolute atomic E-state index is 12.3. The van der Waals surface area contributed by atoms with E-state index < -0.39 is 0 Å². The van der Waals surface area contributed by atoms with Crippen LogP contribution < -0.4 is 0 Å². The molecule has 1 aliphatic heterocycles. The molecule has 0 N–H and O–H groups in total. The van der Waals surface area contributed by atoms with Gasteiger partial charge in [0.15, 0.2) is 0 Å². The molecule has 1 unspecified atom stereocenters. The highest BCUT2D eigenvalue weighted by molar-refractivity contribution is 9.10. The van der Waals surface area contributed by atoms with Crippen LogP contribution >= 0.6 is 15.9 Å². The van der Waals surface area contributed by atoms with Crippen molar-refractivity contribution in [2.24, 2.45) is 0 Å². The van der Waals surface area contributed by atoms with E-state index in [1.54, 1.807) is 0 Å². The molecule has 3 rings (SSSR count). The predicted molar refractivity (Wildman–Crippen MR) is 84.5 cm³/mol. The predicted octanol–water partition coefficient (Wildman–Crippen LogP) is 4.18. The van der Waals surface area contributed by atoms with E-state index >= 15 is 0 Å². The normalized spacial score (nSPS) is 25.4. The van der Waals surface area contributed by atoms with Gasteiger partial charge in [-0.25, -0.2) is 0 Å². The van der Waals surface area contributed by atoms with Gasteiger partial charge in [0.2, 0.25) is 5.91 Å². The lowest BCUT2D eigenvalue weighted by Crippen LogP contribution is -2.49. The number of hydrogen-bond acceptors (Lipinski definition) is 1. The molecule has 0 aromatic heterocycles. The first kappa shape index (κ1) is 13.9. The first-order chi connectivity index (χ1) is 9.43. The Morgan fingerprint density at radius 3 is 2.80 bits per heavy atom. The number of likely N-dealkylation sites (tertiary alicyclic amines) is 1. The molecular formula is C17H20BrNO. The molecular weight excluding hydrogens is 314 g/mol. The minimum atomic E-state index is -0.0214. The average molecular weight is 334 g/mol. The van der Waals surface area contributed by atoms with Gasteiger partial charge in [-0.1, -0.05) is 28.1 Å². The number of benzene rings is 1. The Morgan fingerprint density at radius 2 is 2.10 bits per heavy atom. The topological polar surface area (TPSA) is 20.3 Å². The average Bonchev–Trinajstić information content (AvgIpc) is 2.38. The van der Waals surface area contributed by atoms with Crippen molar-refractivity contribution in [3.05, 3.63) is 45.6 Å². The third kappa shape index (κ3) is 1.95. The van der Waals surface area contributed by atoms with Crippen LogP contribution in [-0.4, -0.2) is 16.8 Å². The minimum Gasteiger partial charge on any atom is -0.313 e. The number of amides is 1. The summed E-state index contributed by atoms with van der Waals surface area (Å²) in [6.07, 6.45) is 4.72. The lowest BCUT2D eigenvalue weighted by molar-refractivity contribution is -0.133. The van der Waals surface area contributed by atoms with Crippen LogP contribution in [0.15, 0.2) is 34.4 Å². The molecule has 3 heteroatoms. The number of halogens is 1. The number of fused-ring (bicyclic) bond motifs is 3. The molecule has 1 aliphatic carbocycles. The van der Waals surface area contributed by atoms with Gasteiger partial charge < -0.3 is 4.90 Å². The summed E-state index contributed by atoms with van der Waals surface area (Å²) < 4.78 is 1.13. The van der Waals surface area contributed by atoms with Gasteiger partial charge in [0.25, 0.3) is 0 Å². The van der Waals surface area contributed by atoms with Gasteiger partial charge in [0.05, 0.1) is 0 Å². The molecule has 1 amide bonds. The fourth-order valence-corrected chi connectivity index (χ4v) is 4.05. The second kappa shape index (κ2) is 4.73. The summed E-state index contributed by atoms with van der Waals surface area (Å²) in [5.41, 5.74) is 3.95. The number of carbonyl (C=O) groups is 1. The van der Waals surface area contributed by atoms with Gasteiger partial charge in [0, 0.05) is 28.0 Å². The van der Waals surface area contributed by atoms with Gasteiger partial charge in [-0.2, -0.15) is 0 Å². The zero-order chi connectivity index (χ0) is 14.5. The minimum absolute atomic E-state index is 0.0214. The van der Waals surface area contributed by atoms with E-state index in [2.05, 4.69) is 61.0 Å². The summed E-state index contributed by atoms with van der Waals surface area (Å²) in [6, 6.07) is 6.78. The Hall–Kier alpha value is -1.09. The molecule has 0 spiro atoms. The Balaban J connectivity index is 2.13.